The van der Waals surface area contributed by atoms with Crippen LogP contribution in [0.4, 0.5) is 13.2 Å². The van der Waals surface area contributed by atoms with Crippen LogP contribution in [0.3, 0.4) is 0 Å². The summed E-state index contributed by atoms with van der Waals surface area (Å²) in [6, 6.07) is 8.48. The minimum Gasteiger partial charge on any atom is -0.503 e. The van der Waals surface area contributed by atoms with Crippen molar-refractivity contribution in [3.63, 3.8) is 0 Å². The van der Waals surface area contributed by atoms with Crippen molar-refractivity contribution < 1.29 is 37.3 Å². The molecule has 2 saturated heterocycles. The van der Waals surface area contributed by atoms with Gasteiger partial charge < -0.3 is 19.5 Å². The second-order valence-corrected chi connectivity index (χ2v) is 11.4. The molecule has 210 valence electrons. The third kappa shape index (κ3) is 5.83. The van der Waals surface area contributed by atoms with Gasteiger partial charge in [-0.25, -0.2) is 9.78 Å². The fourth-order valence-corrected chi connectivity index (χ4v) is 5.86. The first-order valence-corrected chi connectivity index (χ1v) is 13.1. The molecule has 0 saturated carbocycles. The largest absolute Gasteiger partial charge is 0.503 e. The van der Waals surface area contributed by atoms with E-state index >= 15 is 0 Å². The number of rotatable bonds is 4. The number of esters is 1. The molecule has 0 bridgehead atoms. The number of aromatic hydroxyl groups is 1. The summed E-state index contributed by atoms with van der Waals surface area (Å²) in [4.78, 5) is 31.9. The molecule has 2 fully saturated rings. The lowest BCUT2D eigenvalue weighted by Gasteiger charge is -2.47. The van der Waals surface area contributed by atoms with E-state index in [1.807, 2.05) is 6.07 Å². The molecule has 1 amide bonds. The normalized spacial score (nSPS) is 20.4. The smallest absolute Gasteiger partial charge is 0.491 e. The number of nitrogens with zero attached hydrogens (tertiary/aromatic N) is 3. The molecule has 1 aromatic heterocycles. The number of hydrogen-bond acceptors (Lipinski definition) is 7. The molecule has 0 unspecified atom stereocenters. The molecule has 11 heteroatoms. The highest BCUT2D eigenvalue weighted by Crippen LogP contribution is 2.43. The maximum Gasteiger partial charge on any atom is 0.491 e. The number of halogens is 3. The minimum atomic E-state index is -5.25. The average Bonchev–Trinajstić information content (AvgIpc) is 3.21. The lowest BCUT2D eigenvalue weighted by atomic mass is 9.71. The molecule has 5 rings (SSSR count). The van der Waals surface area contributed by atoms with E-state index in [4.69, 9.17) is 4.74 Å². The number of aromatic nitrogens is 1. The second kappa shape index (κ2) is 10.0. The van der Waals surface area contributed by atoms with Gasteiger partial charge in [-0.2, -0.15) is 13.2 Å². The summed E-state index contributed by atoms with van der Waals surface area (Å²) >= 11 is 0. The molecule has 0 aliphatic carbocycles. The van der Waals surface area contributed by atoms with Crippen LogP contribution < -0.4 is 9.47 Å². The Hall–Kier alpha value is -3.34. The van der Waals surface area contributed by atoms with Gasteiger partial charge in [0, 0.05) is 31.6 Å². The molecule has 1 N–H and O–H groups in total. The number of carbonyl (C=O) groups is 2. The quantitative estimate of drug-likeness (QED) is 0.564. The molecule has 8 nitrogen and oxygen atoms in total. The van der Waals surface area contributed by atoms with Gasteiger partial charge in [0.15, 0.2) is 5.75 Å². The van der Waals surface area contributed by atoms with Gasteiger partial charge in [0.25, 0.3) is 11.8 Å². The molecule has 1 aromatic carbocycles. The van der Waals surface area contributed by atoms with E-state index in [2.05, 4.69) is 40.6 Å². The highest BCUT2D eigenvalue weighted by molar-refractivity contribution is 5.93. The highest BCUT2D eigenvalue weighted by atomic mass is 19.4. The SMILES string of the molecule is CC1(C)Cc2c(CN3CCC4(CC3)CCN(C(=O)c3ccc(O)c(OC(=O)C(F)(F)F)n3)CC4)cccc2O1. The van der Waals surface area contributed by atoms with Gasteiger partial charge >= 0.3 is 12.1 Å². The fraction of sp³-hybridized carbons (Fsp3) is 0.536. The van der Waals surface area contributed by atoms with Crippen molar-refractivity contribution in [2.75, 3.05) is 26.2 Å². The molecule has 2 aromatic rings. The summed E-state index contributed by atoms with van der Waals surface area (Å²) in [5, 5.41) is 9.75. The first-order chi connectivity index (χ1) is 18.3. The van der Waals surface area contributed by atoms with Gasteiger partial charge in [0.2, 0.25) is 0 Å². The Morgan fingerprint density at radius 1 is 1.05 bits per heavy atom. The number of hydrogen-bond donors (Lipinski definition) is 1. The third-order valence-electron chi connectivity index (χ3n) is 8.12. The van der Waals surface area contributed by atoms with Gasteiger partial charge in [-0.05, 0) is 81.8 Å². The van der Waals surface area contributed by atoms with Gasteiger partial charge in [-0.15, -0.1) is 0 Å². The Morgan fingerprint density at radius 2 is 1.72 bits per heavy atom. The number of alkyl halides is 3. The zero-order valence-corrected chi connectivity index (χ0v) is 22.0. The van der Waals surface area contributed by atoms with E-state index in [0.29, 0.717) is 13.1 Å². The first kappa shape index (κ1) is 27.2. The average molecular weight is 548 g/mol. The molecule has 4 heterocycles. The number of pyridine rings is 1. The number of fused-ring (bicyclic) bond motifs is 1. The number of amides is 1. The fourth-order valence-electron chi connectivity index (χ4n) is 5.86. The summed E-state index contributed by atoms with van der Waals surface area (Å²) in [7, 11) is 0. The highest BCUT2D eigenvalue weighted by Gasteiger charge is 2.43. The van der Waals surface area contributed by atoms with E-state index in [0.717, 1.165) is 63.6 Å². The molecule has 39 heavy (non-hydrogen) atoms. The maximum atomic E-state index is 13.0. The Morgan fingerprint density at radius 3 is 2.38 bits per heavy atom. The summed E-state index contributed by atoms with van der Waals surface area (Å²) in [5.74, 6) is -3.71. The van der Waals surface area contributed by atoms with Crippen LogP contribution in [0.5, 0.6) is 17.4 Å². The first-order valence-electron chi connectivity index (χ1n) is 13.1. The lowest BCUT2D eigenvalue weighted by Crippen LogP contribution is -2.48. The predicted molar refractivity (Wildman–Crippen MR) is 135 cm³/mol. The van der Waals surface area contributed by atoms with Crippen molar-refractivity contribution >= 4 is 11.9 Å². The van der Waals surface area contributed by atoms with Crippen LogP contribution in [0.1, 0.15) is 61.1 Å². The van der Waals surface area contributed by atoms with Crippen LogP contribution in [-0.4, -0.2) is 69.7 Å². The van der Waals surface area contributed by atoms with Gasteiger partial charge in [0.1, 0.15) is 17.0 Å². The molecule has 0 radical (unpaired) electrons. The number of likely N-dealkylation sites (tertiary alicyclic amines) is 2. The van der Waals surface area contributed by atoms with E-state index in [9.17, 15) is 27.9 Å². The number of piperidine rings is 2. The predicted octanol–water partition coefficient (Wildman–Crippen LogP) is 4.49. The van der Waals surface area contributed by atoms with Crippen molar-refractivity contribution in [3.8, 4) is 17.4 Å². The Labute approximate surface area is 224 Å². The van der Waals surface area contributed by atoms with Crippen LogP contribution in [0.15, 0.2) is 30.3 Å². The van der Waals surface area contributed by atoms with E-state index in [-0.39, 0.29) is 16.7 Å². The Bertz CT molecular complexity index is 1260. The molecule has 1 spiro atoms. The number of ether oxygens (including phenoxy) is 2. The molecule has 0 atom stereocenters. The summed E-state index contributed by atoms with van der Waals surface area (Å²) < 4.78 is 47.9. The van der Waals surface area contributed by atoms with Crippen LogP contribution in [-0.2, 0) is 17.8 Å². The van der Waals surface area contributed by atoms with Crippen molar-refractivity contribution in [2.24, 2.45) is 5.41 Å². The van der Waals surface area contributed by atoms with Crippen molar-refractivity contribution in [2.45, 2.75) is 64.3 Å². The molecule has 3 aliphatic heterocycles. The summed E-state index contributed by atoms with van der Waals surface area (Å²) in [6.45, 7) is 8.03. The van der Waals surface area contributed by atoms with Crippen LogP contribution in [0.2, 0.25) is 0 Å². The zero-order valence-electron chi connectivity index (χ0n) is 22.0. The third-order valence-corrected chi connectivity index (χ3v) is 8.12. The monoisotopic (exact) mass is 547 g/mol. The molecular weight excluding hydrogens is 515 g/mol. The minimum absolute atomic E-state index is 0.146. The Balaban J connectivity index is 1.16. The summed E-state index contributed by atoms with van der Waals surface area (Å²) in [6.07, 6.45) is -0.644. The zero-order chi connectivity index (χ0) is 28.0. The second-order valence-electron chi connectivity index (χ2n) is 11.4. The van der Waals surface area contributed by atoms with Crippen LogP contribution >= 0.6 is 0 Å². The standard InChI is InChI=1S/C28H32F3N3O5/c1-26(2)16-19-18(4-3-5-22(19)39-26)17-33-12-8-27(9-13-33)10-14-34(15-11-27)24(36)20-6-7-21(35)23(32-20)38-25(37)28(29,30)31/h3-7,35H,8-17H2,1-2H3. The van der Waals surface area contributed by atoms with E-state index in [1.165, 1.54) is 17.2 Å². The van der Waals surface area contributed by atoms with Crippen LogP contribution in [0.25, 0.3) is 0 Å². The number of benzene rings is 1. The number of carbonyl (C=O) groups excluding carboxylic acids is 2. The Kier molecular flexibility index (Phi) is 6.98. The lowest BCUT2D eigenvalue weighted by molar-refractivity contribution is -0.190. The van der Waals surface area contributed by atoms with Crippen molar-refractivity contribution in [1.29, 1.82) is 0 Å². The summed E-state index contributed by atoms with van der Waals surface area (Å²) in [5.41, 5.74) is 2.39. The van der Waals surface area contributed by atoms with Gasteiger partial charge in [-0.1, -0.05) is 12.1 Å². The topological polar surface area (TPSA) is 92.2 Å². The van der Waals surface area contributed by atoms with Crippen molar-refractivity contribution in [3.05, 3.63) is 47.2 Å². The molecule has 3 aliphatic rings. The maximum absolute atomic E-state index is 13.0. The van der Waals surface area contributed by atoms with E-state index in [1.54, 1.807) is 4.90 Å². The van der Waals surface area contributed by atoms with Gasteiger partial charge in [0.05, 0.1) is 0 Å². The van der Waals surface area contributed by atoms with Crippen molar-refractivity contribution in [1.82, 2.24) is 14.8 Å². The van der Waals surface area contributed by atoms with Crippen LogP contribution in [0, 0.1) is 5.41 Å². The van der Waals surface area contributed by atoms with E-state index < -0.39 is 29.7 Å². The van der Waals surface area contributed by atoms with Gasteiger partial charge in [-0.3, -0.25) is 9.69 Å². The molecular formula is C28H32F3N3O5.